The van der Waals surface area contributed by atoms with Crippen LogP contribution in [0.2, 0.25) is 0 Å². The standard InChI is InChI=1S/C22H32N4O2S.HI/c1-5-23-22(25-12-21-26-16(3)17(4)29-21)24-11-19-7-6-15(2)10-20(19)28-14-18-8-9-27-13-18;/h6-7,10,18H,5,8-9,11-14H2,1-4H3,(H2,23,24,25);1H. The molecular weight excluding hydrogens is 511 g/mol. The van der Waals surface area contributed by atoms with Gasteiger partial charge in [-0.15, -0.1) is 35.3 Å². The fourth-order valence-electron chi connectivity index (χ4n) is 3.13. The van der Waals surface area contributed by atoms with Crippen molar-refractivity contribution in [2.24, 2.45) is 10.9 Å². The zero-order valence-corrected chi connectivity index (χ0v) is 21.4. The van der Waals surface area contributed by atoms with E-state index in [2.05, 4.69) is 54.6 Å². The number of guanidine groups is 1. The third-order valence-electron chi connectivity index (χ3n) is 4.95. The third kappa shape index (κ3) is 7.39. The van der Waals surface area contributed by atoms with Gasteiger partial charge in [-0.1, -0.05) is 12.1 Å². The van der Waals surface area contributed by atoms with Crippen LogP contribution >= 0.6 is 35.3 Å². The van der Waals surface area contributed by atoms with Crippen LogP contribution in [0, 0.1) is 26.7 Å². The van der Waals surface area contributed by atoms with E-state index in [0.29, 0.717) is 25.6 Å². The van der Waals surface area contributed by atoms with Crippen molar-refractivity contribution >= 4 is 41.3 Å². The summed E-state index contributed by atoms with van der Waals surface area (Å²) in [7, 11) is 0. The Morgan fingerprint density at radius 1 is 1.30 bits per heavy atom. The average Bonchev–Trinajstić information content (AvgIpc) is 3.33. The largest absolute Gasteiger partial charge is 0.493 e. The molecule has 1 aromatic carbocycles. The molecule has 1 atom stereocenters. The molecule has 0 radical (unpaired) electrons. The minimum absolute atomic E-state index is 0. The molecule has 1 fully saturated rings. The van der Waals surface area contributed by atoms with Gasteiger partial charge in [0, 0.05) is 29.5 Å². The van der Waals surface area contributed by atoms with Crippen LogP contribution in [0.1, 0.15) is 40.1 Å². The number of ether oxygens (including phenoxy) is 2. The van der Waals surface area contributed by atoms with Crippen LogP contribution in [0.3, 0.4) is 0 Å². The molecule has 2 heterocycles. The molecule has 3 rings (SSSR count). The van der Waals surface area contributed by atoms with Crippen LogP contribution in [0.5, 0.6) is 5.75 Å². The third-order valence-corrected chi connectivity index (χ3v) is 6.03. The van der Waals surface area contributed by atoms with Gasteiger partial charge in [0.25, 0.3) is 0 Å². The van der Waals surface area contributed by atoms with Crippen molar-refractivity contribution in [3.05, 3.63) is 44.9 Å². The van der Waals surface area contributed by atoms with Crippen LogP contribution in [-0.2, 0) is 17.8 Å². The van der Waals surface area contributed by atoms with Crippen LogP contribution in [0.25, 0.3) is 0 Å². The van der Waals surface area contributed by atoms with E-state index in [1.807, 2.05) is 6.92 Å². The van der Waals surface area contributed by atoms with Crippen molar-refractivity contribution in [2.45, 2.75) is 47.2 Å². The second-order valence-electron chi connectivity index (χ2n) is 7.45. The van der Waals surface area contributed by atoms with Gasteiger partial charge in [0.15, 0.2) is 5.96 Å². The number of nitrogens with one attached hydrogen (secondary N) is 2. The number of halogens is 1. The van der Waals surface area contributed by atoms with E-state index in [1.54, 1.807) is 11.3 Å². The Hall–Kier alpha value is -1.39. The highest BCUT2D eigenvalue weighted by Crippen LogP contribution is 2.23. The second-order valence-corrected chi connectivity index (χ2v) is 8.74. The summed E-state index contributed by atoms with van der Waals surface area (Å²) < 4.78 is 11.6. The topological polar surface area (TPSA) is 67.8 Å². The van der Waals surface area contributed by atoms with E-state index in [9.17, 15) is 0 Å². The summed E-state index contributed by atoms with van der Waals surface area (Å²) in [6, 6.07) is 6.32. The molecule has 1 aromatic heterocycles. The molecule has 30 heavy (non-hydrogen) atoms. The van der Waals surface area contributed by atoms with Gasteiger partial charge in [-0.05, 0) is 45.7 Å². The van der Waals surface area contributed by atoms with Crippen molar-refractivity contribution in [1.29, 1.82) is 0 Å². The molecule has 0 aliphatic carbocycles. The SMILES string of the molecule is CCNC(=NCc1ccc(C)cc1OCC1CCOC1)NCc1nc(C)c(C)s1.I. The summed E-state index contributed by atoms with van der Waals surface area (Å²) in [5.41, 5.74) is 3.38. The maximum Gasteiger partial charge on any atom is 0.191 e. The Morgan fingerprint density at radius 2 is 2.13 bits per heavy atom. The predicted molar refractivity (Wildman–Crippen MR) is 134 cm³/mol. The van der Waals surface area contributed by atoms with Gasteiger partial charge in [-0.3, -0.25) is 0 Å². The van der Waals surface area contributed by atoms with Crippen molar-refractivity contribution in [3.8, 4) is 5.75 Å². The van der Waals surface area contributed by atoms with E-state index in [1.165, 1.54) is 10.4 Å². The van der Waals surface area contributed by atoms with Gasteiger partial charge < -0.3 is 20.1 Å². The Balaban J connectivity index is 0.00000320. The number of aromatic nitrogens is 1. The fourth-order valence-corrected chi connectivity index (χ4v) is 4.00. The number of thiazole rings is 1. The number of hydrogen-bond acceptors (Lipinski definition) is 5. The molecule has 2 aromatic rings. The smallest absolute Gasteiger partial charge is 0.191 e. The normalized spacial score (nSPS) is 16.3. The van der Waals surface area contributed by atoms with Crippen LogP contribution in [0.4, 0.5) is 0 Å². The summed E-state index contributed by atoms with van der Waals surface area (Å²) in [4.78, 5) is 10.6. The summed E-state index contributed by atoms with van der Waals surface area (Å²) in [6.07, 6.45) is 1.07. The lowest BCUT2D eigenvalue weighted by Crippen LogP contribution is -2.36. The maximum absolute atomic E-state index is 6.14. The van der Waals surface area contributed by atoms with Crippen molar-refractivity contribution in [1.82, 2.24) is 15.6 Å². The number of benzene rings is 1. The molecule has 0 bridgehead atoms. The minimum atomic E-state index is 0. The lowest BCUT2D eigenvalue weighted by molar-refractivity contribution is 0.166. The fraction of sp³-hybridized carbons (Fsp3) is 0.545. The second kappa shape index (κ2) is 12.5. The molecule has 2 N–H and O–H groups in total. The Bertz CT molecular complexity index is 815. The van der Waals surface area contributed by atoms with Gasteiger partial charge in [0.1, 0.15) is 10.8 Å². The molecule has 1 aliphatic heterocycles. The Morgan fingerprint density at radius 3 is 2.80 bits per heavy atom. The van der Waals surface area contributed by atoms with Crippen molar-refractivity contribution in [3.63, 3.8) is 0 Å². The molecular formula is C22H33IN4O2S. The number of aliphatic imine (C=N–C) groups is 1. The molecule has 1 saturated heterocycles. The van der Waals surface area contributed by atoms with Gasteiger partial charge in [0.05, 0.1) is 32.0 Å². The lowest BCUT2D eigenvalue weighted by atomic mass is 10.1. The number of aryl methyl sites for hydroxylation is 3. The van der Waals surface area contributed by atoms with Gasteiger partial charge in [-0.25, -0.2) is 9.98 Å². The first kappa shape index (κ1) is 24.9. The summed E-state index contributed by atoms with van der Waals surface area (Å²) in [6.45, 7) is 12.7. The predicted octanol–water partition coefficient (Wildman–Crippen LogP) is 4.36. The van der Waals surface area contributed by atoms with Crippen molar-refractivity contribution < 1.29 is 9.47 Å². The van der Waals surface area contributed by atoms with Crippen molar-refractivity contribution in [2.75, 3.05) is 26.4 Å². The summed E-state index contributed by atoms with van der Waals surface area (Å²) in [5, 5.41) is 7.77. The zero-order valence-electron chi connectivity index (χ0n) is 18.3. The first-order chi connectivity index (χ1) is 14.0. The highest BCUT2D eigenvalue weighted by Gasteiger charge is 2.17. The molecule has 0 amide bonds. The van der Waals surface area contributed by atoms with E-state index in [-0.39, 0.29) is 24.0 Å². The highest BCUT2D eigenvalue weighted by molar-refractivity contribution is 14.0. The number of rotatable bonds is 8. The first-order valence-electron chi connectivity index (χ1n) is 10.3. The van der Waals surface area contributed by atoms with Gasteiger partial charge in [0.2, 0.25) is 0 Å². The van der Waals surface area contributed by atoms with Gasteiger partial charge >= 0.3 is 0 Å². The van der Waals surface area contributed by atoms with E-state index in [4.69, 9.17) is 14.5 Å². The molecule has 8 heteroatoms. The monoisotopic (exact) mass is 544 g/mol. The first-order valence-corrected chi connectivity index (χ1v) is 11.1. The lowest BCUT2D eigenvalue weighted by Gasteiger charge is -2.15. The van der Waals surface area contributed by atoms with Crippen LogP contribution in [0.15, 0.2) is 23.2 Å². The van der Waals surface area contributed by atoms with E-state index < -0.39 is 0 Å². The summed E-state index contributed by atoms with van der Waals surface area (Å²) in [5.74, 6) is 2.19. The quantitative estimate of drug-likeness (QED) is 0.294. The average molecular weight is 545 g/mol. The summed E-state index contributed by atoms with van der Waals surface area (Å²) >= 11 is 1.72. The highest BCUT2D eigenvalue weighted by atomic mass is 127. The molecule has 1 unspecified atom stereocenters. The molecule has 166 valence electrons. The molecule has 1 aliphatic rings. The Kier molecular flexibility index (Phi) is 10.3. The van der Waals surface area contributed by atoms with Gasteiger partial charge in [-0.2, -0.15) is 0 Å². The van der Waals surface area contributed by atoms with E-state index >= 15 is 0 Å². The molecule has 0 spiro atoms. The Labute approximate surface area is 200 Å². The molecule has 0 saturated carbocycles. The van der Waals surface area contributed by atoms with E-state index in [0.717, 1.165) is 54.2 Å². The zero-order chi connectivity index (χ0) is 20.6. The van der Waals surface area contributed by atoms with Crippen LogP contribution in [-0.4, -0.2) is 37.3 Å². The molecule has 6 nitrogen and oxygen atoms in total. The number of hydrogen-bond donors (Lipinski definition) is 2. The van der Waals surface area contributed by atoms with Crippen LogP contribution < -0.4 is 15.4 Å². The maximum atomic E-state index is 6.14. The minimum Gasteiger partial charge on any atom is -0.493 e. The number of nitrogens with zero attached hydrogens (tertiary/aromatic N) is 2.